The number of hydrazone groups is 2. The maximum absolute atomic E-state index is 11.3. The van der Waals surface area contributed by atoms with Gasteiger partial charge in [0, 0.05) is 24.0 Å². The van der Waals surface area contributed by atoms with Crippen molar-refractivity contribution in [2.75, 3.05) is 5.43 Å². The first-order chi connectivity index (χ1) is 12.4. The number of rotatable bonds is 4. The number of carbonyl (C=O) groups excluding carboxylic acids is 1. The lowest BCUT2D eigenvalue weighted by Gasteiger charge is -2.19. The summed E-state index contributed by atoms with van der Waals surface area (Å²) in [4.78, 5) is 11.3. The van der Waals surface area contributed by atoms with Crippen molar-refractivity contribution in [2.45, 2.75) is 20.3 Å². The monoisotopic (exact) mass is 352 g/mol. The lowest BCUT2D eigenvalue weighted by molar-refractivity contribution is -0.121. The van der Waals surface area contributed by atoms with E-state index in [0.717, 1.165) is 17.0 Å². The van der Waals surface area contributed by atoms with E-state index in [1.165, 1.54) is 18.2 Å². The summed E-state index contributed by atoms with van der Waals surface area (Å²) >= 11 is 0. The fourth-order valence-corrected chi connectivity index (χ4v) is 2.73. The molecular weight excluding hydrogens is 332 g/mol. The third-order valence-corrected chi connectivity index (χ3v) is 4.11. The van der Waals surface area contributed by atoms with E-state index in [2.05, 4.69) is 21.1 Å². The van der Waals surface area contributed by atoms with Crippen molar-refractivity contribution in [3.8, 4) is 11.5 Å². The van der Waals surface area contributed by atoms with E-state index in [-0.39, 0.29) is 23.3 Å². The van der Waals surface area contributed by atoms with Gasteiger partial charge in [0.15, 0.2) is 0 Å². The highest BCUT2D eigenvalue weighted by Gasteiger charge is 2.21. The van der Waals surface area contributed by atoms with Gasteiger partial charge in [-0.25, -0.2) is 5.43 Å². The Labute approximate surface area is 151 Å². The first-order valence-corrected chi connectivity index (χ1v) is 8.23. The highest BCUT2D eigenvalue weighted by molar-refractivity contribution is 6.05. The van der Waals surface area contributed by atoms with E-state index >= 15 is 0 Å². The standard InChI is InChI=1S/C19H20N4O3/c1-11-7-18(26)22-23-19(11)13-3-5-15(6-4-13)21-20-12(2)14-8-16(24)10-17(25)9-14/h3-6,8-11,21,24-25H,7H2,1-2H3,(H,22,26)/b20-12-. The molecule has 2 aromatic carbocycles. The molecule has 0 fully saturated rings. The van der Waals surface area contributed by atoms with Gasteiger partial charge in [-0.2, -0.15) is 10.2 Å². The summed E-state index contributed by atoms with van der Waals surface area (Å²) in [6, 6.07) is 11.9. The van der Waals surface area contributed by atoms with E-state index in [4.69, 9.17) is 0 Å². The SMILES string of the molecule is C/C(=N/Nc1ccc(C2=NNC(=O)CC2C)cc1)c1cc(O)cc(O)c1. The Bertz CT molecular complexity index is 868. The Kier molecular flexibility index (Phi) is 4.88. The molecule has 1 amide bonds. The van der Waals surface area contributed by atoms with Gasteiger partial charge in [0.25, 0.3) is 0 Å². The van der Waals surface area contributed by atoms with Crippen molar-refractivity contribution in [1.29, 1.82) is 0 Å². The van der Waals surface area contributed by atoms with Crippen LogP contribution < -0.4 is 10.9 Å². The lowest BCUT2D eigenvalue weighted by atomic mass is 9.94. The molecule has 0 aromatic heterocycles. The normalized spacial score (nSPS) is 17.5. The summed E-state index contributed by atoms with van der Waals surface area (Å²) in [5.41, 5.74) is 9.28. The van der Waals surface area contributed by atoms with Crippen LogP contribution in [0, 0.1) is 5.92 Å². The minimum atomic E-state index is -0.0673. The fourth-order valence-electron chi connectivity index (χ4n) is 2.73. The first kappa shape index (κ1) is 17.5. The maximum Gasteiger partial charge on any atom is 0.240 e. The van der Waals surface area contributed by atoms with Crippen molar-refractivity contribution in [3.63, 3.8) is 0 Å². The summed E-state index contributed by atoms with van der Waals surface area (Å²) in [6.45, 7) is 3.75. The van der Waals surface area contributed by atoms with Crippen LogP contribution in [0.1, 0.15) is 31.4 Å². The highest BCUT2D eigenvalue weighted by Crippen LogP contribution is 2.21. The minimum Gasteiger partial charge on any atom is -0.508 e. The van der Waals surface area contributed by atoms with Gasteiger partial charge in [-0.05, 0) is 36.8 Å². The quantitative estimate of drug-likeness (QED) is 0.501. The molecule has 4 N–H and O–H groups in total. The van der Waals surface area contributed by atoms with Gasteiger partial charge in [0.2, 0.25) is 5.91 Å². The number of carbonyl (C=O) groups is 1. The van der Waals surface area contributed by atoms with Gasteiger partial charge in [0.05, 0.1) is 17.1 Å². The molecule has 0 spiro atoms. The largest absolute Gasteiger partial charge is 0.508 e. The second-order valence-electron chi connectivity index (χ2n) is 6.26. The summed E-state index contributed by atoms with van der Waals surface area (Å²) < 4.78 is 0. The van der Waals surface area contributed by atoms with Gasteiger partial charge < -0.3 is 10.2 Å². The zero-order valence-corrected chi connectivity index (χ0v) is 14.5. The number of hydrogen-bond donors (Lipinski definition) is 4. The van der Waals surface area contributed by atoms with Crippen LogP contribution in [0.5, 0.6) is 11.5 Å². The number of phenols is 2. The Hall–Kier alpha value is -3.35. The third kappa shape index (κ3) is 4.00. The summed E-state index contributed by atoms with van der Waals surface area (Å²) in [5.74, 6) is -0.0367. The molecule has 7 nitrogen and oxygen atoms in total. The lowest BCUT2D eigenvalue weighted by Crippen LogP contribution is -2.31. The Morgan fingerprint density at radius 3 is 2.46 bits per heavy atom. The predicted molar refractivity (Wildman–Crippen MR) is 101 cm³/mol. The molecule has 1 unspecified atom stereocenters. The number of amides is 1. The molecule has 0 radical (unpaired) electrons. The zero-order valence-electron chi connectivity index (χ0n) is 14.5. The molecule has 0 bridgehead atoms. The van der Waals surface area contributed by atoms with Crippen LogP contribution in [0.4, 0.5) is 5.69 Å². The minimum absolute atomic E-state index is 0.0200. The summed E-state index contributed by atoms with van der Waals surface area (Å²) in [6.07, 6.45) is 0.430. The van der Waals surface area contributed by atoms with Crippen molar-refractivity contribution < 1.29 is 15.0 Å². The molecule has 0 saturated carbocycles. The molecule has 0 saturated heterocycles. The van der Waals surface area contributed by atoms with E-state index in [0.29, 0.717) is 17.7 Å². The number of aromatic hydroxyl groups is 2. The molecular formula is C19H20N4O3. The molecule has 1 aliphatic heterocycles. The maximum atomic E-state index is 11.3. The highest BCUT2D eigenvalue weighted by atomic mass is 16.3. The second kappa shape index (κ2) is 7.26. The fraction of sp³-hybridized carbons (Fsp3) is 0.211. The number of nitrogens with zero attached hydrogens (tertiary/aromatic N) is 2. The van der Waals surface area contributed by atoms with Gasteiger partial charge in [0.1, 0.15) is 11.5 Å². The molecule has 0 aliphatic carbocycles. The molecule has 1 atom stereocenters. The van der Waals surface area contributed by atoms with Crippen LogP contribution in [-0.2, 0) is 4.79 Å². The number of anilines is 1. The summed E-state index contributed by atoms with van der Waals surface area (Å²) in [5, 5.41) is 27.5. The Morgan fingerprint density at radius 2 is 1.85 bits per heavy atom. The number of hydrogen-bond acceptors (Lipinski definition) is 6. The molecule has 26 heavy (non-hydrogen) atoms. The van der Waals surface area contributed by atoms with Crippen LogP contribution in [0.25, 0.3) is 0 Å². The van der Waals surface area contributed by atoms with Crippen molar-refractivity contribution in [3.05, 3.63) is 53.6 Å². The average molecular weight is 352 g/mol. The summed E-state index contributed by atoms with van der Waals surface area (Å²) in [7, 11) is 0. The second-order valence-corrected chi connectivity index (χ2v) is 6.26. The molecule has 1 heterocycles. The van der Waals surface area contributed by atoms with Crippen LogP contribution in [0.2, 0.25) is 0 Å². The van der Waals surface area contributed by atoms with Crippen LogP contribution >= 0.6 is 0 Å². The zero-order chi connectivity index (χ0) is 18.7. The van der Waals surface area contributed by atoms with E-state index < -0.39 is 0 Å². The van der Waals surface area contributed by atoms with Crippen molar-refractivity contribution in [1.82, 2.24) is 5.43 Å². The molecule has 7 heteroatoms. The predicted octanol–water partition coefficient (Wildman–Crippen LogP) is 2.79. The first-order valence-electron chi connectivity index (χ1n) is 8.23. The number of phenolic OH excluding ortho intramolecular Hbond substituents is 2. The third-order valence-electron chi connectivity index (χ3n) is 4.11. The molecule has 2 aromatic rings. The van der Waals surface area contributed by atoms with Gasteiger partial charge in [-0.15, -0.1) is 0 Å². The number of nitrogens with one attached hydrogen (secondary N) is 2. The van der Waals surface area contributed by atoms with Crippen LogP contribution in [0.15, 0.2) is 52.7 Å². The van der Waals surface area contributed by atoms with Crippen LogP contribution in [0.3, 0.4) is 0 Å². The average Bonchev–Trinajstić information content (AvgIpc) is 2.59. The molecule has 134 valence electrons. The smallest absolute Gasteiger partial charge is 0.240 e. The number of benzene rings is 2. The Balaban J connectivity index is 1.72. The van der Waals surface area contributed by atoms with E-state index in [1.807, 2.05) is 31.2 Å². The topological polar surface area (TPSA) is 106 Å². The molecule has 1 aliphatic rings. The van der Waals surface area contributed by atoms with Gasteiger partial charge >= 0.3 is 0 Å². The molecule has 3 rings (SSSR count). The van der Waals surface area contributed by atoms with Gasteiger partial charge in [-0.1, -0.05) is 19.1 Å². The Morgan fingerprint density at radius 1 is 1.19 bits per heavy atom. The van der Waals surface area contributed by atoms with Gasteiger partial charge in [-0.3, -0.25) is 10.2 Å². The van der Waals surface area contributed by atoms with Crippen molar-refractivity contribution >= 4 is 23.0 Å². The van der Waals surface area contributed by atoms with Crippen LogP contribution in [-0.4, -0.2) is 27.5 Å². The van der Waals surface area contributed by atoms with Crippen molar-refractivity contribution in [2.24, 2.45) is 16.1 Å². The van der Waals surface area contributed by atoms with E-state index in [1.54, 1.807) is 6.92 Å². The van der Waals surface area contributed by atoms with E-state index in [9.17, 15) is 15.0 Å².